The zero-order chi connectivity index (χ0) is 11.8. The number of nitrogen functional groups attached to an aromatic ring is 1. The topological polar surface area (TPSA) is 92.2 Å². The first-order valence-electron chi connectivity index (χ1n) is 5.18. The summed E-state index contributed by atoms with van der Waals surface area (Å²) < 4.78 is 1.72. The highest BCUT2D eigenvalue weighted by atomic mass is 16.3. The molecule has 0 radical (unpaired) electrons. The van der Waals surface area contributed by atoms with Crippen LogP contribution in [0.2, 0.25) is 0 Å². The third-order valence-electron chi connectivity index (χ3n) is 2.63. The van der Waals surface area contributed by atoms with Crippen molar-refractivity contribution in [2.45, 2.75) is 6.61 Å². The molecule has 3 aromatic rings. The minimum absolute atomic E-state index is 0.0674. The first kappa shape index (κ1) is 9.86. The number of rotatable bonds is 2. The Morgan fingerprint density at radius 1 is 1.35 bits per heavy atom. The molecule has 0 aliphatic heterocycles. The Bertz CT molecular complexity index is 669. The number of fused-ring (bicyclic) bond motifs is 1. The quantitative estimate of drug-likeness (QED) is 0.567. The number of nitrogens with one attached hydrogen (secondary N) is 1. The van der Waals surface area contributed by atoms with Crippen LogP contribution in [-0.2, 0) is 6.61 Å². The van der Waals surface area contributed by atoms with Gasteiger partial charge in [-0.05, 0) is 12.1 Å². The van der Waals surface area contributed by atoms with E-state index in [2.05, 4.69) is 15.3 Å². The lowest BCUT2D eigenvalue weighted by atomic mass is 10.2. The van der Waals surface area contributed by atoms with Crippen LogP contribution in [0.3, 0.4) is 0 Å². The van der Waals surface area contributed by atoms with Crippen LogP contribution in [0.1, 0.15) is 5.56 Å². The third-order valence-corrected chi connectivity index (χ3v) is 2.63. The standard InChI is InChI=1S/C11H11N5O/c12-9-3-1-2-7(4-9)10-14-15-11-8(6-17)5-13-16(10)11/h1-5,13,17H,6,12H2. The number of hydrogen-bond acceptors (Lipinski definition) is 4. The van der Waals surface area contributed by atoms with E-state index in [1.165, 1.54) is 0 Å². The van der Waals surface area contributed by atoms with E-state index in [1.54, 1.807) is 10.7 Å². The zero-order valence-corrected chi connectivity index (χ0v) is 8.96. The Balaban J connectivity index is 2.21. The molecule has 0 bridgehead atoms. The van der Waals surface area contributed by atoms with E-state index in [9.17, 15) is 0 Å². The summed E-state index contributed by atoms with van der Waals surface area (Å²) in [5, 5.41) is 20.3. The van der Waals surface area contributed by atoms with Gasteiger partial charge in [0.25, 0.3) is 0 Å². The summed E-state index contributed by atoms with van der Waals surface area (Å²) in [7, 11) is 0. The second-order valence-electron chi connectivity index (χ2n) is 3.76. The lowest BCUT2D eigenvalue weighted by Gasteiger charge is -1.98. The summed E-state index contributed by atoms with van der Waals surface area (Å²) in [6, 6.07) is 7.42. The van der Waals surface area contributed by atoms with Gasteiger partial charge in [-0.1, -0.05) is 12.1 Å². The van der Waals surface area contributed by atoms with Crippen molar-refractivity contribution in [2.24, 2.45) is 0 Å². The molecule has 1 aromatic carbocycles. The number of benzene rings is 1. The predicted octanol–water partition coefficient (Wildman–Crippen LogP) is 0.799. The van der Waals surface area contributed by atoms with Gasteiger partial charge in [0, 0.05) is 23.0 Å². The summed E-state index contributed by atoms with van der Waals surface area (Å²) >= 11 is 0. The van der Waals surface area contributed by atoms with Crippen molar-refractivity contribution in [3.8, 4) is 11.4 Å². The van der Waals surface area contributed by atoms with Crippen molar-refractivity contribution in [2.75, 3.05) is 5.73 Å². The average Bonchev–Trinajstić information content (AvgIpc) is 2.89. The fourth-order valence-electron chi connectivity index (χ4n) is 1.80. The van der Waals surface area contributed by atoms with Crippen molar-refractivity contribution >= 4 is 11.3 Å². The zero-order valence-electron chi connectivity index (χ0n) is 8.96. The summed E-state index contributed by atoms with van der Waals surface area (Å²) in [6.45, 7) is -0.0674. The molecule has 0 unspecified atom stereocenters. The monoisotopic (exact) mass is 229 g/mol. The van der Waals surface area contributed by atoms with Crippen LogP contribution in [0.15, 0.2) is 30.5 Å². The SMILES string of the molecule is Nc1cccc(-c2nnc3c(CO)c[nH]n23)c1. The van der Waals surface area contributed by atoms with Crippen LogP contribution in [0.25, 0.3) is 17.0 Å². The number of hydrogen-bond donors (Lipinski definition) is 3. The Labute approximate surface area is 96.7 Å². The van der Waals surface area contributed by atoms with Crippen LogP contribution in [0, 0.1) is 0 Å². The molecule has 0 atom stereocenters. The van der Waals surface area contributed by atoms with Crippen molar-refractivity contribution in [3.05, 3.63) is 36.0 Å². The Hall–Kier alpha value is -2.34. The molecule has 0 spiro atoms. The molecule has 0 aliphatic rings. The van der Waals surface area contributed by atoms with E-state index >= 15 is 0 Å². The Kier molecular flexibility index (Phi) is 2.09. The van der Waals surface area contributed by atoms with Gasteiger partial charge in [-0.3, -0.25) is 5.10 Å². The molecule has 2 aromatic heterocycles. The van der Waals surface area contributed by atoms with Gasteiger partial charge in [-0.15, -0.1) is 10.2 Å². The molecule has 17 heavy (non-hydrogen) atoms. The summed E-state index contributed by atoms with van der Waals surface area (Å²) in [6.07, 6.45) is 1.71. The molecule has 0 saturated carbocycles. The molecule has 0 fully saturated rings. The number of aliphatic hydroxyl groups excluding tert-OH is 1. The van der Waals surface area contributed by atoms with E-state index in [-0.39, 0.29) is 6.61 Å². The molecule has 2 heterocycles. The molecular weight excluding hydrogens is 218 g/mol. The molecule has 0 aliphatic carbocycles. The van der Waals surface area contributed by atoms with Gasteiger partial charge in [-0.2, -0.15) is 0 Å². The first-order valence-corrected chi connectivity index (χ1v) is 5.18. The second-order valence-corrected chi connectivity index (χ2v) is 3.76. The maximum atomic E-state index is 9.13. The lowest BCUT2D eigenvalue weighted by molar-refractivity contribution is 0.283. The van der Waals surface area contributed by atoms with Crippen LogP contribution < -0.4 is 5.73 Å². The van der Waals surface area contributed by atoms with Crippen LogP contribution in [-0.4, -0.2) is 24.9 Å². The molecule has 3 rings (SSSR count). The highest BCUT2D eigenvalue weighted by Crippen LogP contribution is 2.21. The maximum Gasteiger partial charge on any atom is 0.183 e. The number of H-pyrrole nitrogens is 1. The normalized spacial score (nSPS) is 11.1. The number of aromatic amines is 1. The van der Waals surface area contributed by atoms with Crippen LogP contribution >= 0.6 is 0 Å². The smallest absolute Gasteiger partial charge is 0.183 e. The summed E-state index contributed by atoms with van der Waals surface area (Å²) in [5.41, 5.74) is 8.63. The predicted molar refractivity (Wildman–Crippen MR) is 63.1 cm³/mol. The largest absolute Gasteiger partial charge is 0.399 e. The summed E-state index contributed by atoms with van der Waals surface area (Å²) in [4.78, 5) is 0. The van der Waals surface area contributed by atoms with E-state index in [0.29, 0.717) is 22.7 Å². The Morgan fingerprint density at radius 2 is 2.24 bits per heavy atom. The van der Waals surface area contributed by atoms with Crippen molar-refractivity contribution in [1.82, 2.24) is 19.8 Å². The number of anilines is 1. The molecular formula is C11H11N5O. The van der Waals surface area contributed by atoms with Gasteiger partial charge >= 0.3 is 0 Å². The second kappa shape index (κ2) is 3.60. The van der Waals surface area contributed by atoms with Gasteiger partial charge in [0.05, 0.1) is 6.61 Å². The number of nitrogens with two attached hydrogens (primary N) is 1. The van der Waals surface area contributed by atoms with Crippen molar-refractivity contribution < 1.29 is 5.11 Å². The van der Waals surface area contributed by atoms with E-state index < -0.39 is 0 Å². The molecule has 6 nitrogen and oxygen atoms in total. The highest BCUT2D eigenvalue weighted by Gasteiger charge is 2.12. The van der Waals surface area contributed by atoms with Crippen LogP contribution in [0.4, 0.5) is 5.69 Å². The van der Waals surface area contributed by atoms with E-state index in [4.69, 9.17) is 10.8 Å². The first-order chi connectivity index (χ1) is 8.29. The maximum absolute atomic E-state index is 9.13. The third kappa shape index (κ3) is 1.46. The summed E-state index contributed by atoms with van der Waals surface area (Å²) in [5.74, 6) is 0.673. The minimum Gasteiger partial charge on any atom is -0.399 e. The van der Waals surface area contributed by atoms with Crippen LogP contribution in [0.5, 0.6) is 0 Å². The van der Waals surface area contributed by atoms with E-state index in [0.717, 1.165) is 5.56 Å². The van der Waals surface area contributed by atoms with Gasteiger partial charge < -0.3 is 10.8 Å². The fraction of sp³-hybridized carbons (Fsp3) is 0.0909. The van der Waals surface area contributed by atoms with Gasteiger partial charge in [0.15, 0.2) is 11.5 Å². The van der Waals surface area contributed by atoms with Gasteiger partial charge in [0.2, 0.25) is 0 Å². The van der Waals surface area contributed by atoms with Gasteiger partial charge in [-0.25, -0.2) is 4.52 Å². The highest BCUT2D eigenvalue weighted by molar-refractivity contribution is 5.64. The van der Waals surface area contributed by atoms with E-state index in [1.807, 2.05) is 24.3 Å². The number of aromatic nitrogens is 4. The van der Waals surface area contributed by atoms with Crippen molar-refractivity contribution in [3.63, 3.8) is 0 Å². The fourth-order valence-corrected chi connectivity index (χ4v) is 1.80. The minimum atomic E-state index is -0.0674. The Morgan fingerprint density at radius 3 is 3.00 bits per heavy atom. The molecule has 4 N–H and O–H groups in total. The molecule has 0 saturated heterocycles. The molecule has 86 valence electrons. The lowest BCUT2D eigenvalue weighted by Crippen LogP contribution is -1.91. The average molecular weight is 229 g/mol. The number of nitrogens with zero attached hydrogens (tertiary/aromatic N) is 3. The van der Waals surface area contributed by atoms with Gasteiger partial charge in [0.1, 0.15) is 0 Å². The van der Waals surface area contributed by atoms with Crippen molar-refractivity contribution in [1.29, 1.82) is 0 Å². The number of aliphatic hydroxyl groups is 1. The molecule has 0 amide bonds. The molecule has 6 heteroatoms.